The molecule has 21 heavy (non-hydrogen) atoms. The Balaban J connectivity index is 2.02. The number of rotatable bonds is 3. The lowest BCUT2D eigenvalue weighted by Crippen LogP contribution is -2.44. The summed E-state index contributed by atoms with van der Waals surface area (Å²) in [5.74, 6) is 0. The molecule has 3 N–H and O–H groups in total. The van der Waals surface area contributed by atoms with Crippen LogP contribution in [0.25, 0.3) is 0 Å². The number of fused-ring (bicyclic) bond motifs is 2. The maximum absolute atomic E-state index is 6.17. The maximum atomic E-state index is 6.17. The van der Waals surface area contributed by atoms with E-state index in [0.717, 1.165) is 19.4 Å². The van der Waals surface area contributed by atoms with E-state index < -0.39 is 0 Å². The molecule has 0 unspecified atom stereocenters. The summed E-state index contributed by atoms with van der Waals surface area (Å²) < 4.78 is 0. The molecule has 0 atom stereocenters. The van der Waals surface area contributed by atoms with Crippen LogP contribution in [0.2, 0.25) is 0 Å². The lowest BCUT2D eigenvalue weighted by atomic mass is 9.94. The van der Waals surface area contributed by atoms with E-state index in [4.69, 9.17) is 5.73 Å². The molecule has 0 heterocycles. The van der Waals surface area contributed by atoms with Gasteiger partial charge in [0.1, 0.15) is 0 Å². The molecule has 0 aliphatic heterocycles. The minimum atomic E-state index is -0.212. The zero-order valence-corrected chi connectivity index (χ0v) is 12.9. The third kappa shape index (κ3) is 3.17. The summed E-state index contributed by atoms with van der Waals surface area (Å²) in [5.41, 5.74) is 11.6. The summed E-state index contributed by atoms with van der Waals surface area (Å²) >= 11 is 0. The number of hydrogen-bond acceptors (Lipinski definition) is 2. The van der Waals surface area contributed by atoms with Crippen molar-refractivity contribution in [2.75, 3.05) is 6.54 Å². The number of aryl methyl sites for hydroxylation is 2. The minimum Gasteiger partial charge on any atom is -0.324 e. The van der Waals surface area contributed by atoms with Crippen molar-refractivity contribution in [2.24, 2.45) is 5.73 Å². The van der Waals surface area contributed by atoms with Gasteiger partial charge in [-0.1, -0.05) is 48.5 Å². The summed E-state index contributed by atoms with van der Waals surface area (Å²) in [6.45, 7) is 4.92. The van der Waals surface area contributed by atoms with Gasteiger partial charge >= 0.3 is 0 Å². The lowest BCUT2D eigenvalue weighted by molar-refractivity contribution is 0.444. The predicted molar refractivity (Wildman–Crippen MR) is 88.4 cm³/mol. The van der Waals surface area contributed by atoms with Gasteiger partial charge in [0.25, 0.3) is 0 Å². The fraction of sp³-hybridized carbons (Fsp3) is 0.368. The Hall–Kier alpha value is -1.64. The molecule has 1 aliphatic carbocycles. The first kappa shape index (κ1) is 14.3. The molecule has 0 spiro atoms. The summed E-state index contributed by atoms with van der Waals surface area (Å²) in [6, 6.07) is 17.8. The first-order chi connectivity index (χ1) is 10.0. The highest BCUT2D eigenvalue weighted by atomic mass is 15.0. The minimum absolute atomic E-state index is 0.212. The van der Waals surface area contributed by atoms with Crippen LogP contribution in [0, 0.1) is 0 Å². The molecular weight excluding hydrogens is 256 g/mol. The SMILES string of the molecule is CC(C)(N)CNC1c2ccccc2CCc2ccccc21. The van der Waals surface area contributed by atoms with Gasteiger partial charge in [-0.05, 0) is 48.9 Å². The van der Waals surface area contributed by atoms with E-state index in [0.29, 0.717) is 0 Å². The molecule has 3 rings (SSSR count). The number of nitrogens with one attached hydrogen (secondary N) is 1. The average Bonchev–Trinajstić information content (AvgIpc) is 2.61. The Bertz CT molecular complexity index is 578. The molecular formula is C19H24N2. The van der Waals surface area contributed by atoms with Gasteiger partial charge in [0, 0.05) is 12.1 Å². The molecule has 0 saturated heterocycles. The van der Waals surface area contributed by atoms with E-state index in [1.807, 2.05) is 0 Å². The molecule has 0 amide bonds. The zero-order valence-electron chi connectivity index (χ0n) is 12.9. The number of nitrogens with two attached hydrogens (primary N) is 1. The first-order valence-corrected chi connectivity index (χ1v) is 7.72. The highest BCUT2D eigenvalue weighted by Crippen LogP contribution is 2.32. The maximum Gasteiger partial charge on any atom is 0.0582 e. The second kappa shape index (κ2) is 5.63. The van der Waals surface area contributed by atoms with E-state index in [-0.39, 0.29) is 11.6 Å². The van der Waals surface area contributed by atoms with Crippen molar-refractivity contribution < 1.29 is 0 Å². The van der Waals surface area contributed by atoms with E-state index in [1.54, 1.807) is 0 Å². The quantitative estimate of drug-likeness (QED) is 0.906. The van der Waals surface area contributed by atoms with Gasteiger partial charge in [-0.25, -0.2) is 0 Å². The third-order valence-corrected chi connectivity index (χ3v) is 4.16. The van der Waals surface area contributed by atoms with E-state index in [2.05, 4.69) is 67.7 Å². The molecule has 2 nitrogen and oxygen atoms in total. The highest BCUT2D eigenvalue weighted by molar-refractivity contribution is 5.44. The van der Waals surface area contributed by atoms with Crippen molar-refractivity contribution in [2.45, 2.75) is 38.3 Å². The van der Waals surface area contributed by atoms with Gasteiger partial charge in [-0.2, -0.15) is 0 Å². The monoisotopic (exact) mass is 280 g/mol. The highest BCUT2D eigenvalue weighted by Gasteiger charge is 2.24. The van der Waals surface area contributed by atoms with Crippen LogP contribution in [0.3, 0.4) is 0 Å². The average molecular weight is 280 g/mol. The molecule has 1 aliphatic rings. The van der Waals surface area contributed by atoms with Crippen LogP contribution in [0.5, 0.6) is 0 Å². The summed E-state index contributed by atoms with van der Waals surface area (Å²) in [6.07, 6.45) is 2.22. The van der Waals surface area contributed by atoms with Crippen molar-refractivity contribution in [3.63, 3.8) is 0 Å². The lowest BCUT2D eigenvalue weighted by Gasteiger charge is -2.27. The molecule has 0 radical (unpaired) electrons. The Morgan fingerprint density at radius 1 is 0.952 bits per heavy atom. The molecule has 110 valence electrons. The standard InChI is InChI=1S/C19H24N2/c1-19(2,20)13-21-18-16-9-5-3-7-14(16)11-12-15-8-4-6-10-17(15)18/h3-10,18,21H,11-13,20H2,1-2H3. The van der Waals surface area contributed by atoms with Gasteiger partial charge in [-0.3, -0.25) is 0 Å². The van der Waals surface area contributed by atoms with Gasteiger partial charge in [0.05, 0.1) is 6.04 Å². The van der Waals surface area contributed by atoms with Gasteiger partial charge < -0.3 is 11.1 Å². The Labute approximate surface area is 127 Å². The topological polar surface area (TPSA) is 38.0 Å². The molecule has 2 heteroatoms. The fourth-order valence-electron chi connectivity index (χ4n) is 3.11. The third-order valence-electron chi connectivity index (χ3n) is 4.16. The van der Waals surface area contributed by atoms with E-state index in [9.17, 15) is 0 Å². The predicted octanol–water partition coefficient (Wildman–Crippen LogP) is 3.20. The molecule has 0 fully saturated rings. The number of hydrogen-bond donors (Lipinski definition) is 2. The zero-order chi connectivity index (χ0) is 14.9. The van der Waals surface area contributed by atoms with Crippen molar-refractivity contribution in [1.82, 2.24) is 5.32 Å². The van der Waals surface area contributed by atoms with Gasteiger partial charge in [0.15, 0.2) is 0 Å². The van der Waals surface area contributed by atoms with Crippen molar-refractivity contribution in [1.29, 1.82) is 0 Å². The second-order valence-electron chi connectivity index (χ2n) is 6.70. The molecule has 2 aromatic rings. The van der Waals surface area contributed by atoms with Crippen LogP contribution >= 0.6 is 0 Å². The summed E-state index contributed by atoms with van der Waals surface area (Å²) in [4.78, 5) is 0. The normalized spacial score (nSPS) is 15.2. The van der Waals surface area contributed by atoms with Crippen LogP contribution < -0.4 is 11.1 Å². The van der Waals surface area contributed by atoms with Crippen LogP contribution in [-0.2, 0) is 12.8 Å². The van der Waals surface area contributed by atoms with E-state index in [1.165, 1.54) is 22.3 Å². The Kier molecular flexibility index (Phi) is 3.83. The first-order valence-electron chi connectivity index (χ1n) is 7.72. The molecule has 2 aromatic carbocycles. The molecule has 0 aromatic heterocycles. The van der Waals surface area contributed by atoms with Crippen molar-refractivity contribution >= 4 is 0 Å². The molecule has 0 bridgehead atoms. The Morgan fingerprint density at radius 3 is 1.90 bits per heavy atom. The summed E-state index contributed by atoms with van der Waals surface area (Å²) in [5, 5.41) is 3.69. The van der Waals surface area contributed by atoms with Gasteiger partial charge in [0.2, 0.25) is 0 Å². The fourth-order valence-corrected chi connectivity index (χ4v) is 3.11. The van der Waals surface area contributed by atoms with Gasteiger partial charge in [-0.15, -0.1) is 0 Å². The van der Waals surface area contributed by atoms with Crippen LogP contribution in [0.15, 0.2) is 48.5 Å². The van der Waals surface area contributed by atoms with Crippen LogP contribution in [0.4, 0.5) is 0 Å². The molecule has 0 saturated carbocycles. The Morgan fingerprint density at radius 2 is 1.43 bits per heavy atom. The summed E-state index contributed by atoms with van der Waals surface area (Å²) in [7, 11) is 0. The van der Waals surface area contributed by atoms with Crippen LogP contribution in [-0.4, -0.2) is 12.1 Å². The van der Waals surface area contributed by atoms with E-state index >= 15 is 0 Å². The largest absolute Gasteiger partial charge is 0.324 e. The van der Waals surface area contributed by atoms with Crippen molar-refractivity contribution in [3.05, 3.63) is 70.8 Å². The van der Waals surface area contributed by atoms with Crippen molar-refractivity contribution in [3.8, 4) is 0 Å². The smallest absolute Gasteiger partial charge is 0.0582 e. The van der Waals surface area contributed by atoms with Crippen LogP contribution in [0.1, 0.15) is 42.1 Å². The second-order valence-corrected chi connectivity index (χ2v) is 6.70. The number of benzene rings is 2.